The number of hydrogen-bond acceptors (Lipinski definition) is 3. The van der Waals surface area contributed by atoms with Gasteiger partial charge >= 0.3 is 0 Å². The van der Waals surface area contributed by atoms with Crippen LogP contribution in [0, 0.1) is 11.8 Å². The van der Waals surface area contributed by atoms with Crippen LogP contribution in [-0.4, -0.2) is 41.5 Å². The molecule has 0 bridgehead atoms. The molecule has 4 rings (SSSR count). The Morgan fingerprint density at radius 2 is 1.88 bits per heavy atom. The lowest BCUT2D eigenvalue weighted by Crippen LogP contribution is -2.71. The number of alkyl halides is 1. The molecule has 2 saturated heterocycles. The Hall–Kier alpha value is -0.610. The fraction of sp³-hybridized carbons (Fsp3) is 0.727. The Morgan fingerprint density at radius 1 is 1.15 bits per heavy atom. The highest BCUT2D eigenvalue weighted by atomic mass is 35.5. The van der Waals surface area contributed by atoms with Gasteiger partial charge in [0.2, 0.25) is 0 Å². The number of ether oxygens (including phenoxy) is 2. The van der Waals surface area contributed by atoms with Gasteiger partial charge in [0.1, 0.15) is 6.23 Å². The third-order valence-corrected chi connectivity index (χ3v) is 7.76. The van der Waals surface area contributed by atoms with E-state index in [-0.39, 0.29) is 17.1 Å². The van der Waals surface area contributed by atoms with Crippen molar-refractivity contribution in [2.45, 2.75) is 75.8 Å². The predicted molar refractivity (Wildman–Crippen MR) is 105 cm³/mol. The molecule has 3 nitrogen and oxygen atoms in total. The van der Waals surface area contributed by atoms with Crippen molar-refractivity contribution in [3.05, 3.63) is 35.9 Å². The number of nitrogens with zero attached hydrogens (tertiary/aromatic N) is 1. The van der Waals surface area contributed by atoms with Crippen molar-refractivity contribution >= 4 is 11.6 Å². The summed E-state index contributed by atoms with van der Waals surface area (Å²) in [7, 11) is 0. The number of benzene rings is 1. The van der Waals surface area contributed by atoms with E-state index in [9.17, 15) is 0 Å². The van der Waals surface area contributed by atoms with Crippen LogP contribution in [0.4, 0.5) is 0 Å². The van der Waals surface area contributed by atoms with Crippen LogP contribution in [0.3, 0.4) is 0 Å². The first-order chi connectivity index (χ1) is 12.3. The van der Waals surface area contributed by atoms with Crippen molar-refractivity contribution in [1.29, 1.82) is 0 Å². The van der Waals surface area contributed by atoms with Crippen LogP contribution in [0.1, 0.15) is 57.9 Å². The zero-order valence-electron chi connectivity index (χ0n) is 16.5. The van der Waals surface area contributed by atoms with E-state index in [1.165, 1.54) is 19.3 Å². The van der Waals surface area contributed by atoms with Crippen LogP contribution in [0.15, 0.2) is 30.3 Å². The van der Waals surface area contributed by atoms with Gasteiger partial charge < -0.3 is 9.47 Å². The first kappa shape index (κ1) is 18.7. The molecule has 1 aliphatic carbocycles. The molecular formula is C22H32ClNO2. The maximum atomic E-state index is 6.91. The van der Waals surface area contributed by atoms with Gasteiger partial charge in [0.05, 0.1) is 23.7 Å². The molecule has 3 aliphatic rings. The van der Waals surface area contributed by atoms with E-state index in [1.54, 1.807) is 0 Å². The molecule has 1 aromatic rings. The Kier molecular flexibility index (Phi) is 4.88. The third kappa shape index (κ3) is 3.11. The largest absolute Gasteiger partial charge is 0.368 e. The fourth-order valence-electron chi connectivity index (χ4n) is 5.35. The van der Waals surface area contributed by atoms with Gasteiger partial charge in [-0.15, -0.1) is 11.6 Å². The molecule has 0 aromatic heterocycles. The standard InChI is InChI=1S/C22H32ClNO2/c1-15-10-11-17-18(12-15)26-19-13-25-22(4,14-24(19)21(17,2)3)20(23)16-8-6-5-7-9-16/h5-9,15,17-20H,10-14H2,1-4H3/t15-,17-,18-,19+,20+,22+/m1/s1. The molecule has 1 aromatic carbocycles. The van der Waals surface area contributed by atoms with E-state index in [2.05, 4.69) is 44.7 Å². The van der Waals surface area contributed by atoms with Crippen molar-refractivity contribution in [3.8, 4) is 0 Å². The van der Waals surface area contributed by atoms with E-state index in [1.807, 2.05) is 18.2 Å². The highest BCUT2D eigenvalue weighted by Crippen LogP contribution is 2.49. The molecule has 26 heavy (non-hydrogen) atoms. The van der Waals surface area contributed by atoms with Crippen molar-refractivity contribution in [3.63, 3.8) is 0 Å². The zero-order valence-corrected chi connectivity index (χ0v) is 17.2. The van der Waals surface area contributed by atoms with E-state index < -0.39 is 5.60 Å². The smallest absolute Gasteiger partial charge is 0.135 e. The molecular weight excluding hydrogens is 346 g/mol. The normalized spacial score (nSPS) is 41.1. The lowest BCUT2D eigenvalue weighted by atomic mass is 9.69. The maximum Gasteiger partial charge on any atom is 0.135 e. The van der Waals surface area contributed by atoms with E-state index in [4.69, 9.17) is 21.1 Å². The van der Waals surface area contributed by atoms with Crippen LogP contribution in [-0.2, 0) is 9.47 Å². The van der Waals surface area contributed by atoms with Crippen LogP contribution < -0.4 is 0 Å². The van der Waals surface area contributed by atoms with Gasteiger partial charge in [0.25, 0.3) is 0 Å². The summed E-state index contributed by atoms with van der Waals surface area (Å²) in [6.07, 6.45) is 4.15. The minimum Gasteiger partial charge on any atom is -0.368 e. The third-order valence-electron chi connectivity index (χ3n) is 7.05. The number of fused-ring (bicyclic) bond motifs is 2. The lowest BCUT2D eigenvalue weighted by molar-refractivity contribution is -0.294. The molecule has 2 heterocycles. The highest BCUT2D eigenvalue weighted by molar-refractivity contribution is 6.21. The molecule has 0 amide bonds. The summed E-state index contributed by atoms with van der Waals surface area (Å²) in [6.45, 7) is 10.7. The fourth-order valence-corrected chi connectivity index (χ4v) is 5.63. The van der Waals surface area contributed by atoms with Gasteiger partial charge in [-0.3, -0.25) is 4.90 Å². The Morgan fingerprint density at radius 3 is 2.62 bits per heavy atom. The monoisotopic (exact) mass is 377 g/mol. The van der Waals surface area contributed by atoms with Gasteiger partial charge in [-0.1, -0.05) is 43.7 Å². The SMILES string of the molecule is C[C@@H]1CC[C@@H]2[C@@H](C1)O[C@H]1CO[C@](C)([C@@H](Cl)c3ccccc3)CN1C2(C)C. The summed E-state index contributed by atoms with van der Waals surface area (Å²) < 4.78 is 12.9. The topological polar surface area (TPSA) is 21.7 Å². The lowest BCUT2D eigenvalue weighted by Gasteiger charge is -2.61. The molecule has 3 fully saturated rings. The second kappa shape index (κ2) is 6.77. The van der Waals surface area contributed by atoms with Gasteiger partial charge in [-0.05, 0) is 45.1 Å². The second-order valence-electron chi connectivity index (χ2n) is 9.33. The predicted octanol–water partition coefficient (Wildman–Crippen LogP) is 5.00. The van der Waals surface area contributed by atoms with Crippen molar-refractivity contribution in [2.75, 3.05) is 13.2 Å². The summed E-state index contributed by atoms with van der Waals surface area (Å²) in [5.74, 6) is 1.35. The number of halogens is 1. The van der Waals surface area contributed by atoms with Crippen LogP contribution >= 0.6 is 11.6 Å². The molecule has 4 heteroatoms. The molecule has 144 valence electrons. The molecule has 0 radical (unpaired) electrons. The average molecular weight is 378 g/mol. The first-order valence-corrected chi connectivity index (χ1v) is 10.5. The number of rotatable bonds is 2. The highest BCUT2D eigenvalue weighted by Gasteiger charge is 2.55. The van der Waals surface area contributed by atoms with E-state index in [0.29, 0.717) is 18.6 Å². The van der Waals surface area contributed by atoms with Crippen LogP contribution in [0.5, 0.6) is 0 Å². The van der Waals surface area contributed by atoms with Crippen molar-refractivity contribution < 1.29 is 9.47 Å². The van der Waals surface area contributed by atoms with Gasteiger partial charge in [-0.2, -0.15) is 0 Å². The number of hydrogen-bond donors (Lipinski definition) is 0. The first-order valence-electron chi connectivity index (χ1n) is 10.1. The van der Waals surface area contributed by atoms with Crippen LogP contribution in [0.2, 0.25) is 0 Å². The Balaban J connectivity index is 1.57. The molecule has 0 unspecified atom stereocenters. The Labute approximate surface area is 163 Å². The zero-order chi connectivity index (χ0) is 18.5. The minimum absolute atomic E-state index is 0.0456. The van der Waals surface area contributed by atoms with Crippen molar-refractivity contribution in [1.82, 2.24) is 4.90 Å². The average Bonchev–Trinajstić information content (AvgIpc) is 2.62. The summed E-state index contributed by atoms with van der Waals surface area (Å²) >= 11 is 6.91. The second-order valence-corrected chi connectivity index (χ2v) is 9.77. The summed E-state index contributed by atoms with van der Waals surface area (Å²) in [5, 5.41) is -0.176. The Bertz CT molecular complexity index is 636. The van der Waals surface area contributed by atoms with E-state index >= 15 is 0 Å². The van der Waals surface area contributed by atoms with Gasteiger partial charge in [0, 0.05) is 18.0 Å². The van der Waals surface area contributed by atoms with Crippen LogP contribution in [0.25, 0.3) is 0 Å². The van der Waals surface area contributed by atoms with Gasteiger partial charge in [0.15, 0.2) is 0 Å². The summed E-state index contributed by atoms with van der Waals surface area (Å²) in [6, 6.07) is 10.3. The van der Waals surface area contributed by atoms with Crippen molar-refractivity contribution in [2.24, 2.45) is 11.8 Å². The summed E-state index contributed by atoms with van der Waals surface area (Å²) in [4.78, 5) is 2.53. The van der Waals surface area contributed by atoms with Gasteiger partial charge in [-0.25, -0.2) is 0 Å². The minimum atomic E-state index is -0.422. The maximum absolute atomic E-state index is 6.91. The van der Waals surface area contributed by atoms with E-state index in [0.717, 1.165) is 18.0 Å². The molecule has 1 saturated carbocycles. The molecule has 6 atom stereocenters. The molecule has 0 N–H and O–H groups in total. The quantitative estimate of drug-likeness (QED) is 0.677. The summed E-state index contributed by atoms with van der Waals surface area (Å²) in [5.41, 5.74) is 0.802. The molecule has 2 aliphatic heterocycles. The molecule has 0 spiro atoms. The number of morpholine rings is 1.